The number of aryl methyl sites for hydroxylation is 2. The van der Waals surface area contributed by atoms with Crippen molar-refractivity contribution in [2.75, 3.05) is 26.3 Å². The average molecular weight is 346 g/mol. The fraction of sp³-hybridized carbons (Fsp3) is 0.588. The van der Waals surface area contributed by atoms with Gasteiger partial charge in [-0.1, -0.05) is 10.3 Å². The fourth-order valence-corrected chi connectivity index (χ4v) is 3.41. The van der Waals surface area contributed by atoms with E-state index < -0.39 is 0 Å². The minimum atomic E-state index is -0.198. The van der Waals surface area contributed by atoms with Crippen molar-refractivity contribution in [3.8, 4) is 0 Å². The highest BCUT2D eigenvalue weighted by Gasteiger charge is 2.28. The summed E-state index contributed by atoms with van der Waals surface area (Å²) in [6.45, 7) is 5.88. The molecule has 1 N–H and O–H groups in total. The Labute approximate surface area is 145 Å². The quantitative estimate of drug-likeness (QED) is 0.885. The number of amides is 1. The van der Waals surface area contributed by atoms with Crippen molar-refractivity contribution >= 4 is 5.91 Å². The Hall–Kier alpha value is -2.19. The smallest absolute Gasteiger partial charge is 0.273 e. The largest absolute Gasteiger partial charge is 0.379 e. The maximum absolute atomic E-state index is 12.3. The number of nitrogens with zero attached hydrogens (tertiary/aromatic N) is 3. The minimum absolute atomic E-state index is 0.0554. The Balaban J connectivity index is 1.41. The van der Waals surface area contributed by atoms with Crippen LogP contribution < -0.4 is 5.32 Å². The summed E-state index contributed by atoms with van der Waals surface area (Å²) in [6, 6.07) is 1.70. The zero-order valence-electron chi connectivity index (χ0n) is 14.3. The molecule has 1 atom stereocenters. The van der Waals surface area contributed by atoms with E-state index in [0.29, 0.717) is 11.5 Å². The highest BCUT2D eigenvalue weighted by molar-refractivity contribution is 5.92. The van der Waals surface area contributed by atoms with Crippen LogP contribution in [0.5, 0.6) is 0 Å². The van der Waals surface area contributed by atoms with E-state index in [1.165, 1.54) is 0 Å². The third kappa shape index (κ3) is 3.59. The molecule has 0 radical (unpaired) electrons. The normalized spacial score (nSPS) is 21.1. The molecule has 1 aliphatic heterocycles. The summed E-state index contributed by atoms with van der Waals surface area (Å²) in [5, 5.41) is 11.1. The molecule has 8 nitrogen and oxygen atoms in total. The number of morpholine rings is 1. The third-order valence-electron chi connectivity index (χ3n) is 4.79. The van der Waals surface area contributed by atoms with Gasteiger partial charge in [-0.25, -0.2) is 0 Å². The first-order valence-corrected chi connectivity index (χ1v) is 8.69. The molecule has 2 aromatic heterocycles. The molecule has 1 unspecified atom stereocenters. The molecule has 134 valence electrons. The second-order valence-electron chi connectivity index (χ2n) is 6.66. The number of nitrogens with one attached hydrogen (secondary N) is 1. The molecule has 4 rings (SSSR count). The van der Waals surface area contributed by atoms with Gasteiger partial charge in [-0.05, 0) is 19.8 Å². The summed E-state index contributed by atoms with van der Waals surface area (Å²) < 4.78 is 15.9. The van der Waals surface area contributed by atoms with Gasteiger partial charge in [0, 0.05) is 43.7 Å². The summed E-state index contributed by atoms with van der Waals surface area (Å²) in [5.41, 5.74) is 2.44. The van der Waals surface area contributed by atoms with Gasteiger partial charge in [-0.2, -0.15) is 0 Å². The summed E-state index contributed by atoms with van der Waals surface area (Å²) in [7, 11) is 0. The van der Waals surface area contributed by atoms with Crippen LogP contribution in [0.3, 0.4) is 0 Å². The zero-order chi connectivity index (χ0) is 17.2. The lowest BCUT2D eigenvalue weighted by molar-refractivity contribution is 0.0331. The van der Waals surface area contributed by atoms with Crippen LogP contribution in [0, 0.1) is 6.92 Å². The number of fused-ring (bicyclic) bond motifs is 1. The number of hydrogen-bond donors (Lipinski definition) is 1. The second-order valence-corrected chi connectivity index (χ2v) is 6.66. The molecule has 3 heterocycles. The number of rotatable bonds is 4. The Bertz CT molecular complexity index is 748. The van der Waals surface area contributed by atoms with Crippen LogP contribution in [-0.4, -0.2) is 53.5 Å². The van der Waals surface area contributed by atoms with Crippen LogP contribution in [0.4, 0.5) is 0 Å². The summed E-state index contributed by atoms with van der Waals surface area (Å²) in [4.78, 5) is 14.6. The van der Waals surface area contributed by atoms with Gasteiger partial charge in [-0.15, -0.1) is 0 Å². The number of carbonyl (C=O) groups excluding carboxylic acids is 1. The number of aromatic nitrogens is 2. The van der Waals surface area contributed by atoms with Crippen LogP contribution in [0.2, 0.25) is 0 Å². The highest BCUT2D eigenvalue weighted by Crippen LogP contribution is 2.26. The molecule has 2 aromatic rings. The molecule has 1 fully saturated rings. The number of ether oxygens (including phenoxy) is 1. The van der Waals surface area contributed by atoms with E-state index in [1.807, 2.05) is 0 Å². The molecule has 0 bridgehead atoms. The van der Waals surface area contributed by atoms with Gasteiger partial charge < -0.3 is 19.1 Å². The third-order valence-corrected chi connectivity index (χ3v) is 4.79. The molecule has 8 heteroatoms. The van der Waals surface area contributed by atoms with Gasteiger partial charge in [0.25, 0.3) is 5.91 Å². The van der Waals surface area contributed by atoms with Crippen molar-refractivity contribution in [1.82, 2.24) is 20.5 Å². The lowest BCUT2D eigenvalue weighted by Crippen LogP contribution is -2.39. The average Bonchev–Trinajstić information content (AvgIpc) is 3.23. The van der Waals surface area contributed by atoms with E-state index in [-0.39, 0.29) is 11.9 Å². The van der Waals surface area contributed by atoms with Crippen molar-refractivity contribution in [2.24, 2.45) is 0 Å². The van der Waals surface area contributed by atoms with Gasteiger partial charge in [-0.3, -0.25) is 9.69 Å². The first-order chi connectivity index (χ1) is 12.2. The first-order valence-electron chi connectivity index (χ1n) is 8.69. The highest BCUT2D eigenvalue weighted by atomic mass is 16.5. The van der Waals surface area contributed by atoms with Crippen molar-refractivity contribution in [1.29, 1.82) is 0 Å². The standard InChI is InChI=1S/C17H22N4O4/c1-11-8-14(19-24-11)17(22)18-12-2-3-16-13(9-12)15(20-25-16)10-21-4-6-23-7-5-21/h8,12H,2-7,9-10H2,1H3,(H,18,22). The van der Waals surface area contributed by atoms with Gasteiger partial charge in [0.05, 0.1) is 13.2 Å². The summed E-state index contributed by atoms with van der Waals surface area (Å²) in [5.74, 6) is 1.38. The lowest BCUT2D eigenvalue weighted by atomic mass is 9.91. The van der Waals surface area contributed by atoms with Gasteiger partial charge in [0.2, 0.25) is 0 Å². The minimum Gasteiger partial charge on any atom is -0.379 e. The first kappa shape index (κ1) is 16.3. The van der Waals surface area contributed by atoms with Crippen molar-refractivity contribution < 1.29 is 18.6 Å². The van der Waals surface area contributed by atoms with Crippen LogP contribution in [0.1, 0.15) is 39.7 Å². The molecule has 1 amide bonds. The molecule has 0 spiro atoms. The van der Waals surface area contributed by atoms with E-state index in [4.69, 9.17) is 13.8 Å². The van der Waals surface area contributed by atoms with Crippen LogP contribution in [-0.2, 0) is 24.1 Å². The van der Waals surface area contributed by atoms with Crippen molar-refractivity contribution in [3.05, 3.63) is 34.5 Å². The maximum Gasteiger partial charge on any atom is 0.273 e. The predicted octanol–water partition coefficient (Wildman–Crippen LogP) is 1.09. The monoisotopic (exact) mass is 346 g/mol. The second kappa shape index (κ2) is 6.97. The predicted molar refractivity (Wildman–Crippen MR) is 87.1 cm³/mol. The van der Waals surface area contributed by atoms with Crippen LogP contribution in [0.25, 0.3) is 0 Å². The van der Waals surface area contributed by atoms with E-state index >= 15 is 0 Å². The molecule has 25 heavy (non-hydrogen) atoms. The Morgan fingerprint density at radius 1 is 1.32 bits per heavy atom. The van der Waals surface area contributed by atoms with E-state index in [1.54, 1.807) is 13.0 Å². The van der Waals surface area contributed by atoms with Crippen LogP contribution >= 0.6 is 0 Å². The zero-order valence-corrected chi connectivity index (χ0v) is 14.3. The van der Waals surface area contributed by atoms with E-state index in [9.17, 15) is 4.79 Å². The number of carbonyl (C=O) groups is 1. The molecule has 1 saturated heterocycles. The fourth-order valence-electron chi connectivity index (χ4n) is 3.41. The lowest BCUT2D eigenvalue weighted by Gasteiger charge is -2.27. The SMILES string of the molecule is Cc1cc(C(=O)NC2CCc3onc(CN4CCOCC4)c3C2)no1. The number of hydrogen-bond acceptors (Lipinski definition) is 7. The van der Waals surface area contributed by atoms with Crippen molar-refractivity contribution in [2.45, 2.75) is 38.8 Å². The molecule has 1 aliphatic carbocycles. The van der Waals surface area contributed by atoms with E-state index in [0.717, 1.165) is 69.1 Å². The Morgan fingerprint density at radius 2 is 2.16 bits per heavy atom. The summed E-state index contributed by atoms with van der Waals surface area (Å²) >= 11 is 0. The molecular weight excluding hydrogens is 324 g/mol. The molecule has 0 aromatic carbocycles. The Kier molecular flexibility index (Phi) is 4.54. The molecule has 2 aliphatic rings. The van der Waals surface area contributed by atoms with Crippen molar-refractivity contribution in [3.63, 3.8) is 0 Å². The van der Waals surface area contributed by atoms with Gasteiger partial charge >= 0.3 is 0 Å². The summed E-state index contributed by atoms with van der Waals surface area (Å²) in [6.07, 6.45) is 2.36. The van der Waals surface area contributed by atoms with E-state index in [2.05, 4.69) is 20.5 Å². The van der Waals surface area contributed by atoms with Gasteiger partial charge in [0.1, 0.15) is 17.2 Å². The van der Waals surface area contributed by atoms with Crippen LogP contribution in [0.15, 0.2) is 15.1 Å². The topological polar surface area (TPSA) is 93.6 Å². The Morgan fingerprint density at radius 3 is 2.92 bits per heavy atom. The molecule has 0 saturated carbocycles. The van der Waals surface area contributed by atoms with Gasteiger partial charge in [0.15, 0.2) is 5.69 Å². The maximum atomic E-state index is 12.3. The molecular formula is C17H22N4O4.